The highest BCUT2D eigenvalue weighted by molar-refractivity contribution is 4.87. The Morgan fingerprint density at radius 3 is 1.71 bits per heavy atom. The van der Waals surface area contributed by atoms with E-state index in [2.05, 4.69) is 6.92 Å². The monoisotopic (exact) mass is 494 g/mol. The molecule has 4 rings (SSSR count). The van der Waals surface area contributed by atoms with Gasteiger partial charge in [0.2, 0.25) is 0 Å². The van der Waals surface area contributed by atoms with Crippen molar-refractivity contribution in [1.29, 1.82) is 0 Å². The Bertz CT molecular complexity index is 601. The lowest BCUT2D eigenvalue weighted by atomic mass is 9.67. The molecule has 1 aliphatic heterocycles. The van der Waals surface area contributed by atoms with Gasteiger partial charge >= 0.3 is 0 Å². The summed E-state index contributed by atoms with van der Waals surface area (Å²) in [5, 5.41) is 0. The highest BCUT2D eigenvalue weighted by Gasteiger charge is 2.37. The molecule has 35 heavy (non-hydrogen) atoms. The van der Waals surface area contributed by atoms with E-state index in [0.717, 1.165) is 68.6 Å². The van der Waals surface area contributed by atoms with Crippen LogP contribution in [0.25, 0.3) is 0 Å². The molecule has 0 N–H and O–H groups in total. The van der Waals surface area contributed by atoms with E-state index < -0.39 is 6.08 Å². The molecule has 4 heteroatoms. The Morgan fingerprint density at radius 1 is 0.629 bits per heavy atom. The Kier molecular flexibility index (Phi) is 11.4. The summed E-state index contributed by atoms with van der Waals surface area (Å²) in [6.45, 7) is 4.03. The number of ether oxygens (including phenoxy) is 2. The molecule has 4 fully saturated rings. The third-order valence-electron chi connectivity index (χ3n) is 10.3. The molecular formula is C31H52F2O2. The zero-order valence-electron chi connectivity index (χ0n) is 22.4. The average Bonchev–Trinajstić information content (AvgIpc) is 2.91. The molecule has 3 saturated carbocycles. The fourth-order valence-corrected chi connectivity index (χ4v) is 7.93. The number of hydrogen-bond donors (Lipinski definition) is 0. The van der Waals surface area contributed by atoms with Gasteiger partial charge in [-0.15, -0.1) is 0 Å². The minimum absolute atomic E-state index is 0.0610. The van der Waals surface area contributed by atoms with Crippen LogP contribution >= 0.6 is 0 Å². The van der Waals surface area contributed by atoms with Crippen molar-refractivity contribution in [3.05, 3.63) is 12.2 Å². The van der Waals surface area contributed by atoms with E-state index in [1.165, 1.54) is 83.5 Å². The van der Waals surface area contributed by atoms with Gasteiger partial charge in [0.1, 0.15) is 0 Å². The van der Waals surface area contributed by atoms with Crippen LogP contribution in [-0.2, 0) is 9.47 Å². The van der Waals surface area contributed by atoms with Gasteiger partial charge in [-0.3, -0.25) is 0 Å². The number of hydrogen-bond acceptors (Lipinski definition) is 2. The molecule has 0 aromatic carbocycles. The number of allylic oxidation sites excluding steroid dienone is 1. The standard InChI is InChI=1S/C31H52F2O2/c1-2-3-4-5-6-23-7-12-25(13-8-23)26-16-18-27(19-17-26)29-21-34-31(35-22-29)28-14-9-24(10-15-28)11-20-30(32)33/h20,23-29,31H,2-19,21-22H2,1H3. The zero-order valence-corrected chi connectivity index (χ0v) is 22.4. The maximum Gasteiger partial charge on any atom is 0.266 e. The summed E-state index contributed by atoms with van der Waals surface area (Å²) < 4.78 is 37.2. The molecule has 0 atom stereocenters. The van der Waals surface area contributed by atoms with E-state index in [-0.39, 0.29) is 6.29 Å². The van der Waals surface area contributed by atoms with Gasteiger partial charge in [0, 0.05) is 11.8 Å². The fraction of sp³-hybridized carbons (Fsp3) is 0.935. The van der Waals surface area contributed by atoms with Crippen molar-refractivity contribution in [3.63, 3.8) is 0 Å². The quantitative estimate of drug-likeness (QED) is 0.281. The van der Waals surface area contributed by atoms with Crippen molar-refractivity contribution in [2.45, 2.75) is 129 Å². The Balaban J connectivity index is 1.09. The molecule has 0 unspecified atom stereocenters. The zero-order chi connectivity index (χ0) is 24.5. The minimum Gasteiger partial charge on any atom is -0.352 e. The predicted octanol–water partition coefficient (Wildman–Crippen LogP) is 9.54. The Hall–Kier alpha value is -0.480. The van der Waals surface area contributed by atoms with Crippen LogP contribution in [0.5, 0.6) is 0 Å². The third kappa shape index (κ3) is 8.52. The van der Waals surface area contributed by atoms with Crippen LogP contribution in [0.15, 0.2) is 12.2 Å². The maximum atomic E-state index is 12.4. The van der Waals surface area contributed by atoms with Crippen LogP contribution < -0.4 is 0 Å². The second-order valence-electron chi connectivity index (χ2n) is 12.6. The Morgan fingerprint density at radius 2 is 1.14 bits per heavy atom. The average molecular weight is 495 g/mol. The number of halogens is 2. The SMILES string of the molecule is CCCCCCC1CCC(C2CCC(C3COC(C4CCC(CC=C(F)F)CC4)OC3)CC2)CC1. The summed E-state index contributed by atoms with van der Waals surface area (Å²) in [6.07, 6.45) is 22.9. The highest BCUT2D eigenvalue weighted by Crippen LogP contribution is 2.45. The summed E-state index contributed by atoms with van der Waals surface area (Å²) in [6, 6.07) is 0. The van der Waals surface area contributed by atoms with E-state index >= 15 is 0 Å². The third-order valence-corrected chi connectivity index (χ3v) is 10.3. The van der Waals surface area contributed by atoms with E-state index in [4.69, 9.17) is 9.47 Å². The molecule has 4 aliphatic rings. The molecule has 0 bridgehead atoms. The molecule has 1 saturated heterocycles. The topological polar surface area (TPSA) is 18.5 Å². The van der Waals surface area contributed by atoms with Gasteiger partial charge in [-0.1, -0.05) is 51.9 Å². The minimum atomic E-state index is -1.54. The van der Waals surface area contributed by atoms with Crippen LogP contribution in [0.2, 0.25) is 0 Å². The molecule has 2 nitrogen and oxygen atoms in total. The van der Waals surface area contributed by atoms with Crippen molar-refractivity contribution in [3.8, 4) is 0 Å². The lowest BCUT2D eigenvalue weighted by molar-refractivity contribution is -0.237. The van der Waals surface area contributed by atoms with E-state index in [1.807, 2.05) is 0 Å². The van der Waals surface area contributed by atoms with Crippen molar-refractivity contribution in [2.24, 2.45) is 41.4 Å². The van der Waals surface area contributed by atoms with E-state index in [1.54, 1.807) is 0 Å². The second kappa shape index (κ2) is 14.5. The summed E-state index contributed by atoms with van der Waals surface area (Å²) >= 11 is 0. The van der Waals surface area contributed by atoms with Crippen LogP contribution in [0.4, 0.5) is 8.78 Å². The Labute approximate surface area is 214 Å². The first-order valence-corrected chi connectivity index (χ1v) is 15.4. The molecular weight excluding hydrogens is 442 g/mol. The normalized spacial score (nSPS) is 38.7. The van der Waals surface area contributed by atoms with Gasteiger partial charge in [0.05, 0.1) is 13.2 Å². The van der Waals surface area contributed by atoms with Gasteiger partial charge < -0.3 is 9.47 Å². The molecule has 0 aromatic heterocycles. The summed E-state index contributed by atoms with van der Waals surface area (Å²) in [4.78, 5) is 0. The van der Waals surface area contributed by atoms with Gasteiger partial charge in [0.25, 0.3) is 6.08 Å². The van der Waals surface area contributed by atoms with E-state index in [0.29, 0.717) is 24.2 Å². The van der Waals surface area contributed by atoms with Gasteiger partial charge in [-0.05, 0) is 106 Å². The molecule has 0 aromatic rings. The summed E-state index contributed by atoms with van der Waals surface area (Å²) in [5.74, 6) is 5.19. The van der Waals surface area contributed by atoms with Crippen molar-refractivity contribution >= 4 is 0 Å². The predicted molar refractivity (Wildman–Crippen MR) is 139 cm³/mol. The molecule has 1 heterocycles. The fourth-order valence-electron chi connectivity index (χ4n) is 7.93. The largest absolute Gasteiger partial charge is 0.352 e. The van der Waals surface area contributed by atoms with Crippen molar-refractivity contribution < 1.29 is 18.3 Å². The van der Waals surface area contributed by atoms with E-state index in [9.17, 15) is 8.78 Å². The maximum absolute atomic E-state index is 12.4. The van der Waals surface area contributed by atoms with Crippen LogP contribution in [0.1, 0.15) is 122 Å². The molecule has 3 aliphatic carbocycles. The van der Waals surface area contributed by atoms with Gasteiger partial charge in [-0.25, -0.2) is 0 Å². The summed E-state index contributed by atoms with van der Waals surface area (Å²) in [7, 11) is 0. The lowest BCUT2D eigenvalue weighted by Crippen LogP contribution is -2.41. The number of unbranched alkanes of at least 4 members (excludes halogenated alkanes) is 3. The number of rotatable bonds is 10. The smallest absolute Gasteiger partial charge is 0.266 e. The van der Waals surface area contributed by atoms with Gasteiger partial charge in [-0.2, -0.15) is 8.78 Å². The lowest BCUT2D eigenvalue weighted by Gasteiger charge is -2.42. The first-order valence-electron chi connectivity index (χ1n) is 15.4. The first kappa shape index (κ1) is 27.6. The first-order chi connectivity index (χ1) is 17.1. The van der Waals surface area contributed by atoms with Crippen LogP contribution in [-0.4, -0.2) is 19.5 Å². The summed E-state index contributed by atoms with van der Waals surface area (Å²) in [5.41, 5.74) is 0. The van der Waals surface area contributed by atoms with Crippen LogP contribution in [0, 0.1) is 41.4 Å². The second-order valence-corrected chi connectivity index (χ2v) is 12.6. The highest BCUT2D eigenvalue weighted by atomic mass is 19.3. The van der Waals surface area contributed by atoms with Crippen molar-refractivity contribution in [2.75, 3.05) is 13.2 Å². The molecule has 0 radical (unpaired) electrons. The van der Waals surface area contributed by atoms with Crippen molar-refractivity contribution in [1.82, 2.24) is 0 Å². The molecule has 202 valence electrons. The molecule has 0 spiro atoms. The van der Waals surface area contributed by atoms with Crippen LogP contribution in [0.3, 0.4) is 0 Å². The molecule has 0 amide bonds. The van der Waals surface area contributed by atoms with Gasteiger partial charge in [0.15, 0.2) is 6.29 Å².